The number of benzene rings is 2. The van der Waals surface area contributed by atoms with Gasteiger partial charge in [-0.25, -0.2) is 9.59 Å². The van der Waals surface area contributed by atoms with Gasteiger partial charge in [-0.1, -0.05) is 54.5 Å². The van der Waals surface area contributed by atoms with E-state index in [9.17, 15) is 14.4 Å². The standard InChI is InChI=1S/C27H28N2O5/c30-25(28-13-5-10-26(31)32)15-18-11-12-19(14-18)16-29-27(33)34-17-24-22-8-3-1-6-20(22)21-7-2-4-9-23(21)24/h1-4,6-9,18-19,24H,11-17H2,(H,28,30)(H,29,33)(H,31,32). The van der Waals surface area contributed by atoms with Gasteiger partial charge in [-0.2, -0.15) is 0 Å². The molecule has 1 fully saturated rings. The van der Waals surface area contributed by atoms with Crippen molar-refractivity contribution in [2.24, 2.45) is 11.8 Å². The Hall–Kier alpha value is -3.79. The Balaban J connectivity index is 1.19. The van der Waals surface area contributed by atoms with Crippen LogP contribution in [0.3, 0.4) is 0 Å². The van der Waals surface area contributed by atoms with Crippen molar-refractivity contribution in [2.45, 2.75) is 31.6 Å². The van der Waals surface area contributed by atoms with E-state index in [2.05, 4.69) is 40.8 Å². The SMILES string of the molecule is O=C(O)C#CCNC(=O)CC1CCC(CNC(=O)OCC2c3ccccc3-c3ccccc32)C1. The average molecular weight is 461 g/mol. The van der Waals surface area contributed by atoms with Crippen LogP contribution in [0.1, 0.15) is 42.7 Å². The molecule has 2 unspecified atom stereocenters. The van der Waals surface area contributed by atoms with Crippen LogP contribution in [-0.2, 0) is 14.3 Å². The molecule has 176 valence electrons. The van der Waals surface area contributed by atoms with Gasteiger partial charge in [0.05, 0.1) is 6.54 Å². The number of amides is 2. The highest BCUT2D eigenvalue weighted by Crippen LogP contribution is 2.44. The molecule has 0 saturated heterocycles. The van der Waals surface area contributed by atoms with Crippen molar-refractivity contribution in [2.75, 3.05) is 19.7 Å². The van der Waals surface area contributed by atoms with Crippen LogP contribution in [0.25, 0.3) is 11.1 Å². The third kappa shape index (κ3) is 5.76. The van der Waals surface area contributed by atoms with Crippen molar-refractivity contribution < 1.29 is 24.2 Å². The van der Waals surface area contributed by atoms with Crippen LogP contribution in [0.15, 0.2) is 48.5 Å². The molecule has 0 heterocycles. The minimum absolute atomic E-state index is 0.0324. The van der Waals surface area contributed by atoms with E-state index in [4.69, 9.17) is 9.84 Å². The van der Waals surface area contributed by atoms with Crippen LogP contribution in [0, 0.1) is 23.7 Å². The molecule has 2 aliphatic carbocycles. The summed E-state index contributed by atoms with van der Waals surface area (Å²) in [5.41, 5.74) is 4.76. The molecule has 4 rings (SSSR count). The van der Waals surface area contributed by atoms with Gasteiger partial charge in [0, 0.05) is 24.8 Å². The van der Waals surface area contributed by atoms with Gasteiger partial charge in [0.2, 0.25) is 5.91 Å². The van der Waals surface area contributed by atoms with Gasteiger partial charge in [-0.3, -0.25) is 4.79 Å². The highest BCUT2D eigenvalue weighted by Gasteiger charge is 2.30. The number of carboxylic acid groups (broad SMARTS) is 1. The normalized spacial score (nSPS) is 18.2. The smallest absolute Gasteiger partial charge is 0.407 e. The third-order valence-electron chi connectivity index (χ3n) is 6.57. The van der Waals surface area contributed by atoms with Crippen molar-refractivity contribution in [1.29, 1.82) is 0 Å². The van der Waals surface area contributed by atoms with Crippen LogP contribution in [0.5, 0.6) is 0 Å². The number of hydrogen-bond donors (Lipinski definition) is 3. The predicted molar refractivity (Wildman–Crippen MR) is 127 cm³/mol. The lowest BCUT2D eigenvalue weighted by molar-refractivity contribution is -0.130. The molecule has 0 aromatic heterocycles. The maximum atomic E-state index is 12.4. The first kappa shape index (κ1) is 23.4. The van der Waals surface area contributed by atoms with E-state index in [1.54, 1.807) is 0 Å². The summed E-state index contributed by atoms with van der Waals surface area (Å²) < 4.78 is 5.59. The van der Waals surface area contributed by atoms with E-state index in [1.165, 1.54) is 22.3 Å². The number of hydrogen-bond acceptors (Lipinski definition) is 4. The van der Waals surface area contributed by atoms with Gasteiger partial charge in [-0.05, 0) is 53.4 Å². The molecule has 7 nitrogen and oxygen atoms in total. The van der Waals surface area contributed by atoms with E-state index in [0.29, 0.717) is 18.9 Å². The fraction of sp³-hybridized carbons (Fsp3) is 0.370. The number of carbonyl (C=O) groups is 3. The maximum absolute atomic E-state index is 12.4. The lowest BCUT2D eigenvalue weighted by Gasteiger charge is -2.16. The minimum Gasteiger partial charge on any atom is -0.472 e. The molecule has 2 aliphatic rings. The number of rotatable bonds is 7. The molecule has 0 bridgehead atoms. The van der Waals surface area contributed by atoms with Gasteiger partial charge in [0.15, 0.2) is 0 Å². The Morgan fingerprint density at radius 1 is 0.941 bits per heavy atom. The molecule has 0 spiro atoms. The molecule has 0 radical (unpaired) electrons. The summed E-state index contributed by atoms with van der Waals surface area (Å²) in [5, 5.41) is 14.0. The van der Waals surface area contributed by atoms with Gasteiger partial charge < -0.3 is 20.5 Å². The monoisotopic (exact) mass is 460 g/mol. The van der Waals surface area contributed by atoms with Gasteiger partial charge in [0.25, 0.3) is 0 Å². The van der Waals surface area contributed by atoms with E-state index in [-0.39, 0.29) is 30.9 Å². The van der Waals surface area contributed by atoms with Gasteiger partial charge in [0.1, 0.15) is 6.61 Å². The molecule has 1 saturated carbocycles. The van der Waals surface area contributed by atoms with E-state index in [1.807, 2.05) is 30.2 Å². The van der Waals surface area contributed by atoms with E-state index < -0.39 is 12.1 Å². The third-order valence-corrected chi connectivity index (χ3v) is 6.57. The molecule has 2 aromatic rings. The number of alkyl carbamates (subject to hydrolysis) is 1. The molecule has 2 amide bonds. The summed E-state index contributed by atoms with van der Waals surface area (Å²) in [5.74, 6) is 3.60. The molecule has 0 aliphatic heterocycles. The predicted octanol–water partition coefficient (Wildman–Crippen LogP) is 3.54. The lowest BCUT2D eigenvalue weighted by Crippen LogP contribution is -2.30. The van der Waals surface area contributed by atoms with Crippen molar-refractivity contribution in [3.05, 3.63) is 59.7 Å². The molecular weight excluding hydrogens is 432 g/mol. The Kier molecular flexibility index (Phi) is 7.48. The fourth-order valence-corrected chi connectivity index (χ4v) is 5.02. The van der Waals surface area contributed by atoms with Gasteiger partial charge in [-0.15, -0.1) is 0 Å². The molecule has 7 heteroatoms. The van der Waals surface area contributed by atoms with Crippen LogP contribution in [0.2, 0.25) is 0 Å². The zero-order valence-corrected chi connectivity index (χ0v) is 18.9. The maximum Gasteiger partial charge on any atom is 0.407 e. The van der Waals surface area contributed by atoms with Gasteiger partial charge >= 0.3 is 12.1 Å². The van der Waals surface area contributed by atoms with Crippen molar-refractivity contribution in [3.8, 4) is 23.0 Å². The zero-order chi connectivity index (χ0) is 23.9. The first-order valence-corrected chi connectivity index (χ1v) is 11.6. The first-order valence-electron chi connectivity index (χ1n) is 11.6. The number of carbonyl (C=O) groups excluding carboxylic acids is 2. The highest BCUT2D eigenvalue weighted by molar-refractivity contribution is 5.86. The van der Waals surface area contributed by atoms with Crippen LogP contribution in [0.4, 0.5) is 4.79 Å². The molecule has 2 aromatic carbocycles. The van der Waals surface area contributed by atoms with Crippen LogP contribution in [-0.4, -0.2) is 42.8 Å². The Morgan fingerprint density at radius 3 is 2.26 bits per heavy atom. The van der Waals surface area contributed by atoms with E-state index >= 15 is 0 Å². The van der Waals surface area contributed by atoms with E-state index in [0.717, 1.165) is 19.3 Å². The lowest BCUT2D eigenvalue weighted by atomic mass is 9.98. The number of ether oxygens (including phenoxy) is 1. The molecule has 2 atom stereocenters. The second-order valence-corrected chi connectivity index (χ2v) is 8.84. The van der Waals surface area contributed by atoms with Crippen molar-refractivity contribution in [3.63, 3.8) is 0 Å². The summed E-state index contributed by atoms with van der Waals surface area (Å²) in [6.07, 6.45) is 2.69. The summed E-state index contributed by atoms with van der Waals surface area (Å²) in [6.45, 7) is 0.849. The summed E-state index contributed by atoms with van der Waals surface area (Å²) in [7, 11) is 0. The number of aliphatic carboxylic acids is 1. The largest absolute Gasteiger partial charge is 0.472 e. The summed E-state index contributed by atoms with van der Waals surface area (Å²) in [4.78, 5) is 34.7. The molecule has 3 N–H and O–H groups in total. The highest BCUT2D eigenvalue weighted by atomic mass is 16.5. The second kappa shape index (κ2) is 10.9. The molecule has 34 heavy (non-hydrogen) atoms. The number of carboxylic acids is 1. The second-order valence-electron chi connectivity index (χ2n) is 8.84. The Bertz CT molecular complexity index is 1090. The number of nitrogens with one attached hydrogen (secondary N) is 2. The Morgan fingerprint density at radius 2 is 1.59 bits per heavy atom. The Labute approximate surface area is 198 Å². The minimum atomic E-state index is -1.21. The van der Waals surface area contributed by atoms with Crippen molar-refractivity contribution >= 4 is 18.0 Å². The summed E-state index contributed by atoms with van der Waals surface area (Å²) >= 11 is 0. The number of fused-ring (bicyclic) bond motifs is 3. The van der Waals surface area contributed by atoms with Crippen molar-refractivity contribution in [1.82, 2.24) is 10.6 Å². The summed E-state index contributed by atoms with van der Waals surface area (Å²) in [6, 6.07) is 16.5. The van der Waals surface area contributed by atoms with Crippen LogP contribution >= 0.6 is 0 Å². The zero-order valence-electron chi connectivity index (χ0n) is 18.9. The fourth-order valence-electron chi connectivity index (χ4n) is 5.02. The quantitative estimate of drug-likeness (QED) is 0.549. The topological polar surface area (TPSA) is 105 Å². The first-order chi connectivity index (χ1) is 16.5. The molecular formula is C27H28N2O5. The average Bonchev–Trinajstić information content (AvgIpc) is 3.41. The van der Waals surface area contributed by atoms with Crippen LogP contribution < -0.4 is 10.6 Å².